The predicted octanol–water partition coefficient (Wildman–Crippen LogP) is 3.16. The zero-order valence-corrected chi connectivity index (χ0v) is 11.1. The van der Waals surface area contributed by atoms with E-state index in [0.717, 1.165) is 0 Å². The maximum atomic E-state index is 11.9. The number of nitriles is 1. The van der Waals surface area contributed by atoms with Crippen molar-refractivity contribution in [2.24, 2.45) is 5.92 Å². The highest BCUT2D eigenvalue weighted by atomic mass is 16.1. The molecule has 1 aliphatic rings. The third kappa shape index (κ3) is 4.03. The third-order valence-electron chi connectivity index (χ3n) is 4.00. The summed E-state index contributed by atoms with van der Waals surface area (Å²) in [6, 6.07) is 2.25. The number of hydrogen-bond donors (Lipinski definition) is 1. The molecule has 0 radical (unpaired) electrons. The van der Waals surface area contributed by atoms with Gasteiger partial charge in [0.2, 0.25) is 5.91 Å². The van der Waals surface area contributed by atoms with Crippen molar-refractivity contribution < 1.29 is 4.79 Å². The van der Waals surface area contributed by atoms with E-state index in [4.69, 9.17) is 5.26 Å². The Labute approximate surface area is 105 Å². The molecule has 3 nitrogen and oxygen atoms in total. The van der Waals surface area contributed by atoms with Crippen LogP contribution in [0.1, 0.15) is 65.2 Å². The van der Waals surface area contributed by atoms with Gasteiger partial charge in [-0.05, 0) is 31.6 Å². The molecule has 0 aliphatic heterocycles. The number of amides is 1. The van der Waals surface area contributed by atoms with Gasteiger partial charge in [-0.15, -0.1) is 0 Å². The monoisotopic (exact) mass is 236 g/mol. The summed E-state index contributed by atoms with van der Waals surface area (Å²) in [6.45, 7) is 3.90. The van der Waals surface area contributed by atoms with E-state index < -0.39 is 5.54 Å². The summed E-state index contributed by atoms with van der Waals surface area (Å²) in [5, 5.41) is 12.1. The van der Waals surface area contributed by atoms with E-state index in [-0.39, 0.29) is 5.91 Å². The number of rotatable bonds is 5. The molecule has 0 unspecified atom stereocenters. The van der Waals surface area contributed by atoms with Gasteiger partial charge in [-0.2, -0.15) is 5.26 Å². The summed E-state index contributed by atoms with van der Waals surface area (Å²) >= 11 is 0. The quantitative estimate of drug-likeness (QED) is 0.797. The van der Waals surface area contributed by atoms with Crippen LogP contribution in [0.2, 0.25) is 0 Å². The molecular weight excluding hydrogens is 212 g/mol. The van der Waals surface area contributed by atoms with Gasteiger partial charge in [-0.3, -0.25) is 4.79 Å². The lowest BCUT2D eigenvalue weighted by Gasteiger charge is -2.27. The Kier molecular flexibility index (Phi) is 5.47. The predicted molar refractivity (Wildman–Crippen MR) is 68.3 cm³/mol. The van der Waals surface area contributed by atoms with Crippen LogP contribution in [-0.2, 0) is 4.79 Å². The zero-order valence-electron chi connectivity index (χ0n) is 11.1. The Morgan fingerprint density at radius 1 is 1.29 bits per heavy atom. The van der Waals surface area contributed by atoms with Crippen molar-refractivity contribution in [3.63, 3.8) is 0 Å². The molecule has 0 atom stereocenters. The zero-order chi connectivity index (χ0) is 12.7. The van der Waals surface area contributed by atoms with E-state index in [2.05, 4.69) is 11.4 Å². The molecule has 0 aromatic carbocycles. The van der Waals surface area contributed by atoms with Gasteiger partial charge in [0.15, 0.2) is 0 Å². The Bertz CT molecular complexity index is 283. The SMILES string of the molecule is CCC(C#N)(CC)NC(=O)CC1CCCCC1. The van der Waals surface area contributed by atoms with Gasteiger partial charge in [0.05, 0.1) is 6.07 Å². The van der Waals surface area contributed by atoms with E-state index >= 15 is 0 Å². The fourth-order valence-corrected chi connectivity index (χ4v) is 2.58. The van der Waals surface area contributed by atoms with Crippen LogP contribution in [0.15, 0.2) is 0 Å². The molecule has 1 aliphatic carbocycles. The minimum atomic E-state index is -0.647. The highest BCUT2D eigenvalue weighted by Crippen LogP contribution is 2.26. The van der Waals surface area contributed by atoms with Crippen molar-refractivity contribution in [2.75, 3.05) is 0 Å². The van der Waals surface area contributed by atoms with Crippen LogP contribution in [-0.4, -0.2) is 11.4 Å². The van der Waals surface area contributed by atoms with Crippen molar-refractivity contribution in [1.82, 2.24) is 5.32 Å². The van der Waals surface area contributed by atoms with Crippen molar-refractivity contribution >= 4 is 5.91 Å². The Balaban J connectivity index is 2.45. The minimum absolute atomic E-state index is 0.0575. The molecule has 0 aromatic heterocycles. The first-order valence-electron chi connectivity index (χ1n) is 6.88. The molecule has 17 heavy (non-hydrogen) atoms. The fourth-order valence-electron chi connectivity index (χ4n) is 2.58. The molecule has 0 saturated heterocycles. The van der Waals surface area contributed by atoms with Crippen LogP contribution in [0, 0.1) is 17.2 Å². The van der Waals surface area contributed by atoms with Gasteiger partial charge in [0, 0.05) is 6.42 Å². The molecule has 1 saturated carbocycles. The molecule has 0 spiro atoms. The second kappa shape index (κ2) is 6.64. The first-order chi connectivity index (χ1) is 8.15. The first-order valence-corrected chi connectivity index (χ1v) is 6.88. The van der Waals surface area contributed by atoms with E-state index in [0.29, 0.717) is 25.2 Å². The Morgan fingerprint density at radius 3 is 2.35 bits per heavy atom. The van der Waals surface area contributed by atoms with Gasteiger partial charge in [0.1, 0.15) is 5.54 Å². The lowest BCUT2D eigenvalue weighted by atomic mass is 9.86. The topological polar surface area (TPSA) is 52.9 Å². The first kappa shape index (κ1) is 14.0. The van der Waals surface area contributed by atoms with E-state index in [1.165, 1.54) is 32.1 Å². The smallest absolute Gasteiger partial charge is 0.221 e. The molecular formula is C14H24N2O. The number of carbonyl (C=O) groups is 1. The fraction of sp³-hybridized carbons (Fsp3) is 0.857. The standard InChI is InChI=1S/C14H24N2O/c1-3-14(4-2,11-15)16-13(17)10-12-8-6-5-7-9-12/h12H,3-10H2,1-2H3,(H,16,17). The maximum Gasteiger partial charge on any atom is 0.221 e. The normalized spacial score (nSPS) is 17.5. The van der Waals surface area contributed by atoms with Crippen LogP contribution < -0.4 is 5.32 Å². The summed E-state index contributed by atoms with van der Waals surface area (Å²) in [7, 11) is 0. The molecule has 1 rings (SSSR count). The number of nitrogens with one attached hydrogen (secondary N) is 1. The van der Waals surface area contributed by atoms with E-state index in [1.54, 1.807) is 0 Å². The molecule has 1 N–H and O–H groups in total. The molecule has 1 fully saturated rings. The highest BCUT2D eigenvalue weighted by molar-refractivity contribution is 5.77. The molecule has 0 heterocycles. The second-order valence-electron chi connectivity index (χ2n) is 5.16. The van der Waals surface area contributed by atoms with Crippen LogP contribution in [0.4, 0.5) is 0 Å². The summed E-state index contributed by atoms with van der Waals surface area (Å²) < 4.78 is 0. The van der Waals surface area contributed by atoms with Gasteiger partial charge in [-0.1, -0.05) is 33.1 Å². The number of carbonyl (C=O) groups excluding carboxylic acids is 1. The average Bonchev–Trinajstić information content (AvgIpc) is 2.37. The van der Waals surface area contributed by atoms with Crippen molar-refractivity contribution in [1.29, 1.82) is 5.26 Å². The Morgan fingerprint density at radius 2 is 1.88 bits per heavy atom. The van der Waals surface area contributed by atoms with Crippen LogP contribution >= 0.6 is 0 Å². The van der Waals surface area contributed by atoms with Crippen LogP contribution in [0.3, 0.4) is 0 Å². The minimum Gasteiger partial charge on any atom is -0.338 e. The maximum absolute atomic E-state index is 11.9. The lowest BCUT2D eigenvalue weighted by molar-refractivity contribution is -0.123. The molecule has 3 heteroatoms. The third-order valence-corrected chi connectivity index (χ3v) is 4.00. The molecule has 0 bridgehead atoms. The largest absolute Gasteiger partial charge is 0.338 e. The van der Waals surface area contributed by atoms with Crippen molar-refractivity contribution in [2.45, 2.75) is 70.8 Å². The van der Waals surface area contributed by atoms with Crippen LogP contribution in [0.5, 0.6) is 0 Å². The van der Waals surface area contributed by atoms with E-state index in [9.17, 15) is 4.79 Å². The second-order valence-corrected chi connectivity index (χ2v) is 5.16. The molecule has 0 aromatic rings. The molecule has 1 amide bonds. The summed E-state index contributed by atoms with van der Waals surface area (Å²) in [5.41, 5.74) is -0.647. The van der Waals surface area contributed by atoms with Crippen molar-refractivity contribution in [3.05, 3.63) is 0 Å². The molecule has 96 valence electrons. The van der Waals surface area contributed by atoms with Crippen LogP contribution in [0.25, 0.3) is 0 Å². The Hall–Kier alpha value is -1.04. The van der Waals surface area contributed by atoms with Gasteiger partial charge >= 0.3 is 0 Å². The summed E-state index contributed by atoms with van der Waals surface area (Å²) in [5.74, 6) is 0.594. The lowest BCUT2D eigenvalue weighted by Crippen LogP contribution is -2.46. The summed E-state index contributed by atoms with van der Waals surface area (Å²) in [6.07, 6.45) is 8.11. The van der Waals surface area contributed by atoms with Gasteiger partial charge < -0.3 is 5.32 Å². The highest BCUT2D eigenvalue weighted by Gasteiger charge is 2.28. The van der Waals surface area contributed by atoms with Gasteiger partial charge in [0.25, 0.3) is 0 Å². The van der Waals surface area contributed by atoms with Crippen molar-refractivity contribution in [3.8, 4) is 6.07 Å². The van der Waals surface area contributed by atoms with Gasteiger partial charge in [-0.25, -0.2) is 0 Å². The average molecular weight is 236 g/mol. The number of hydrogen-bond acceptors (Lipinski definition) is 2. The van der Waals surface area contributed by atoms with E-state index in [1.807, 2.05) is 13.8 Å². The summed E-state index contributed by atoms with van der Waals surface area (Å²) in [4.78, 5) is 11.9. The number of nitrogens with zero attached hydrogens (tertiary/aromatic N) is 1.